The first-order valence-electron chi connectivity index (χ1n) is 14.2. The highest BCUT2D eigenvalue weighted by Crippen LogP contribution is 2.50. The molecule has 0 aromatic heterocycles. The van der Waals surface area contributed by atoms with Crippen LogP contribution in [0.15, 0.2) is 47.3 Å². The van der Waals surface area contributed by atoms with E-state index in [4.69, 9.17) is 23.7 Å². The number of nitrogens with one attached hydrogen (secondary N) is 3. The Bertz CT molecular complexity index is 1590. The van der Waals surface area contributed by atoms with Crippen molar-refractivity contribution < 1.29 is 33.3 Å². The van der Waals surface area contributed by atoms with Crippen LogP contribution in [-0.4, -0.2) is 60.5 Å². The molecule has 4 rings (SSSR count). The molecule has 0 bridgehead atoms. The predicted molar refractivity (Wildman–Crippen MR) is 167 cm³/mol. The van der Waals surface area contributed by atoms with Gasteiger partial charge in [0.2, 0.25) is 23.0 Å². The van der Waals surface area contributed by atoms with Gasteiger partial charge in [0.05, 0.1) is 53.8 Å². The fourth-order valence-electron chi connectivity index (χ4n) is 5.47. The van der Waals surface area contributed by atoms with Gasteiger partial charge in [0.1, 0.15) is 0 Å². The predicted octanol–water partition coefficient (Wildman–Crippen LogP) is 3.65. The first-order valence-corrected chi connectivity index (χ1v) is 14.2. The van der Waals surface area contributed by atoms with E-state index in [0.717, 1.165) is 16.7 Å². The van der Waals surface area contributed by atoms with Gasteiger partial charge in [-0.15, -0.1) is 0 Å². The van der Waals surface area contributed by atoms with E-state index in [-0.39, 0.29) is 29.5 Å². The van der Waals surface area contributed by atoms with Gasteiger partial charge in [-0.25, -0.2) is 0 Å². The molecule has 0 saturated heterocycles. The Morgan fingerprint density at radius 3 is 2.23 bits per heavy atom. The van der Waals surface area contributed by atoms with Gasteiger partial charge in [-0.05, 0) is 71.8 Å². The third kappa shape index (κ3) is 6.99. The monoisotopic (exact) mass is 605 g/mol. The molecule has 0 fully saturated rings. The molecule has 3 N–H and O–H groups in total. The number of anilines is 1. The Morgan fingerprint density at radius 2 is 1.57 bits per heavy atom. The highest BCUT2D eigenvalue weighted by Gasteiger charge is 2.29. The molecule has 1 atom stereocenters. The van der Waals surface area contributed by atoms with E-state index in [2.05, 4.69) is 16.0 Å². The molecule has 3 aromatic carbocycles. The minimum absolute atomic E-state index is 0.101. The molecule has 0 heterocycles. The van der Waals surface area contributed by atoms with Crippen molar-refractivity contribution in [1.82, 2.24) is 10.6 Å². The number of carbonyl (C=O) groups excluding carboxylic acids is 2. The molecule has 0 spiro atoms. The fraction of sp³-hybridized carbons (Fsp3) is 0.364. The van der Waals surface area contributed by atoms with Crippen molar-refractivity contribution >= 4 is 17.5 Å². The van der Waals surface area contributed by atoms with E-state index < -0.39 is 6.04 Å². The summed E-state index contributed by atoms with van der Waals surface area (Å²) in [6.45, 7) is 1.75. The average Bonchev–Trinajstić information content (AvgIpc) is 3.26. The first kappa shape index (κ1) is 32.0. The van der Waals surface area contributed by atoms with Crippen LogP contribution >= 0.6 is 0 Å². The lowest BCUT2D eigenvalue weighted by Gasteiger charge is -2.19. The van der Waals surface area contributed by atoms with Crippen molar-refractivity contribution in [1.29, 1.82) is 0 Å². The molecule has 1 aliphatic carbocycles. The van der Waals surface area contributed by atoms with Crippen molar-refractivity contribution in [2.24, 2.45) is 0 Å². The van der Waals surface area contributed by atoms with Crippen LogP contribution in [0, 0.1) is 0 Å². The van der Waals surface area contributed by atoms with E-state index in [1.807, 2.05) is 24.3 Å². The Kier molecular flexibility index (Phi) is 10.5. The zero-order valence-electron chi connectivity index (χ0n) is 25.9. The normalized spacial score (nSPS) is 13.4. The second kappa shape index (κ2) is 14.5. The summed E-state index contributed by atoms with van der Waals surface area (Å²) in [6.07, 6.45) is 1.73. The third-order valence-electron chi connectivity index (χ3n) is 7.54. The summed E-state index contributed by atoms with van der Waals surface area (Å²) in [7, 11) is 7.79. The summed E-state index contributed by atoms with van der Waals surface area (Å²) < 4.78 is 27.6. The summed E-state index contributed by atoms with van der Waals surface area (Å²) in [5.41, 5.74) is 3.94. The number of benzene rings is 2. The lowest BCUT2D eigenvalue weighted by atomic mass is 9.95. The summed E-state index contributed by atoms with van der Waals surface area (Å²) in [5.74, 6) is 2.19. The summed E-state index contributed by atoms with van der Waals surface area (Å²) in [6, 6.07) is 12.0. The highest BCUT2D eigenvalue weighted by molar-refractivity contribution is 5.84. The van der Waals surface area contributed by atoms with Crippen molar-refractivity contribution in [3.63, 3.8) is 0 Å². The average molecular weight is 606 g/mol. The quantitative estimate of drug-likeness (QED) is 0.283. The number of hydrogen-bond donors (Lipinski definition) is 3. The maximum Gasteiger partial charge on any atom is 0.239 e. The van der Waals surface area contributed by atoms with Gasteiger partial charge in [-0.2, -0.15) is 0 Å². The zero-order valence-corrected chi connectivity index (χ0v) is 25.9. The van der Waals surface area contributed by atoms with Crippen molar-refractivity contribution in [3.05, 3.63) is 69.4 Å². The Morgan fingerprint density at radius 1 is 0.841 bits per heavy atom. The van der Waals surface area contributed by atoms with Gasteiger partial charge in [0, 0.05) is 19.0 Å². The topological polar surface area (TPSA) is 133 Å². The van der Waals surface area contributed by atoms with E-state index in [0.29, 0.717) is 65.7 Å². The van der Waals surface area contributed by atoms with Crippen molar-refractivity contribution in [3.8, 4) is 39.9 Å². The van der Waals surface area contributed by atoms with Crippen LogP contribution in [0.4, 0.5) is 5.69 Å². The van der Waals surface area contributed by atoms with Crippen molar-refractivity contribution in [2.75, 3.05) is 54.0 Å². The van der Waals surface area contributed by atoms with Gasteiger partial charge >= 0.3 is 0 Å². The molecule has 11 heteroatoms. The van der Waals surface area contributed by atoms with E-state index in [1.54, 1.807) is 40.6 Å². The lowest BCUT2D eigenvalue weighted by Crippen LogP contribution is -2.32. The SMILES string of the molecule is COc1ccc(CCNC(=O)CNc2ccc3c(cc2=O)[C@@H](NC(C)=O)CCc2cc(OC)c(OC)c(OC)c2-3)cc1OC. The van der Waals surface area contributed by atoms with Crippen LogP contribution in [0.25, 0.3) is 11.1 Å². The molecule has 2 amide bonds. The summed E-state index contributed by atoms with van der Waals surface area (Å²) in [5, 5.41) is 8.84. The molecule has 0 unspecified atom stereocenters. The molecular weight excluding hydrogens is 566 g/mol. The minimum atomic E-state index is -0.426. The highest BCUT2D eigenvalue weighted by atomic mass is 16.5. The fourth-order valence-corrected chi connectivity index (χ4v) is 5.47. The molecule has 0 radical (unpaired) electrons. The van der Waals surface area contributed by atoms with Crippen LogP contribution in [0.3, 0.4) is 0 Å². The molecular formula is C33H39N3O8. The summed E-state index contributed by atoms with van der Waals surface area (Å²) >= 11 is 0. The van der Waals surface area contributed by atoms with Crippen LogP contribution in [-0.2, 0) is 22.4 Å². The van der Waals surface area contributed by atoms with Gasteiger partial charge in [0.15, 0.2) is 23.0 Å². The molecule has 0 aliphatic heterocycles. The van der Waals surface area contributed by atoms with Gasteiger partial charge < -0.3 is 39.6 Å². The van der Waals surface area contributed by atoms with Crippen LogP contribution in [0.2, 0.25) is 0 Å². The summed E-state index contributed by atoms with van der Waals surface area (Å²) in [4.78, 5) is 38.3. The molecule has 234 valence electrons. The second-order valence-corrected chi connectivity index (χ2v) is 10.2. The van der Waals surface area contributed by atoms with Crippen LogP contribution in [0.5, 0.6) is 28.7 Å². The number of hydrogen-bond acceptors (Lipinski definition) is 9. The van der Waals surface area contributed by atoms with E-state index in [9.17, 15) is 14.4 Å². The van der Waals surface area contributed by atoms with Gasteiger partial charge in [-0.3, -0.25) is 14.4 Å². The number of fused-ring (bicyclic) bond motifs is 3. The molecule has 44 heavy (non-hydrogen) atoms. The van der Waals surface area contributed by atoms with Gasteiger partial charge in [-0.1, -0.05) is 12.1 Å². The third-order valence-corrected chi connectivity index (χ3v) is 7.54. The number of carbonyl (C=O) groups is 2. The minimum Gasteiger partial charge on any atom is -0.493 e. The smallest absolute Gasteiger partial charge is 0.239 e. The number of amides is 2. The number of ether oxygens (including phenoxy) is 5. The van der Waals surface area contributed by atoms with E-state index in [1.165, 1.54) is 20.1 Å². The second-order valence-electron chi connectivity index (χ2n) is 10.2. The van der Waals surface area contributed by atoms with Gasteiger partial charge in [0.25, 0.3) is 0 Å². The van der Waals surface area contributed by atoms with Crippen LogP contribution in [0.1, 0.15) is 36.1 Å². The maximum atomic E-state index is 13.4. The number of aryl methyl sites for hydroxylation is 1. The number of methoxy groups -OCH3 is 5. The Hall–Kier alpha value is -4.93. The van der Waals surface area contributed by atoms with E-state index >= 15 is 0 Å². The lowest BCUT2D eigenvalue weighted by molar-refractivity contribution is -0.120. The van der Waals surface area contributed by atoms with Crippen molar-refractivity contribution in [2.45, 2.75) is 32.2 Å². The largest absolute Gasteiger partial charge is 0.493 e. The maximum absolute atomic E-state index is 13.4. The Labute approximate surface area is 256 Å². The first-order chi connectivity index (χ1) is 21.2. The zero-order chi connectivity index (χ0) is 31.8. The molecule has 0 saturated carbocycles. The molecule has 3 aromatic rings. The van der Waals surface area contributed by atoms with Crippen LogP contribution < -0.4 is 45.1 Å². The molecule has 1 aliphatic rings. The number of rotatable bonds is 12. The standard InChI is InChI=1S/C33H39N3O8/c1-19(37)36-24-10-8-21-16-29(42-4)32(43-5)33(44-6)31(21)22-9-11-25(26(38)17-23(22)24)35-18-30(39)34-14-13-20-7-12-27(40-2)28(15-20)41-3/h7,9,11-12,15-17,24H,8,10,13-14,18H2,1-6H3,(H,34,39)(H,35,38)(H,36,37)/t24-/m0/s1. The molecule has 11 nitrogen and oxygen atoms in total. The Balaban J connectivity index is 1.59.